The van der Waals surface area contributed by atoms with Crippen molar-refractivity contribution in [1.82, 2.24) is 9.29 Å². The van der Waals surface area contributed by atoms with Crippen molar-refractivity contribution in [3.8, 4) is 0 Å². The minimum Gasteiger partial charge on any atom is -0.379 e. The van der Waals surface area contributed by atoms with Gasteiger partial charge in [-0.3, -0.25) is 4.79 Å². The lowest BCUT2D eigenvalue weighted by Crippen LogP contribution is -2.40. The lowest BCUT2D eigenvalue weighted by atomic mass is 10.1. The number of rotatable bonds is 5. The maximum Gasteiger partial charge on any atom is 0.259 e. The third-order valence-corrected chi connectivity index (χ3v) is 7.84. The molecule has 2 saturated heterocycles. The Morgan fingerprint density at radius 2 is 1.81 bits per heavy atom. The smallest absolute Gasteiger partial charge is 0.259 e. The molecule has 4 rings (SSSR count). The highest BCUT2D eigenvalue weighted by atomic mass is 35.5. The van der Waals surface area contributed by atoms with Gasteiger partial charge >= 0.3 is 0 Å². The van der Waals surface area contributed by atoms with Crippen LogP contribution in [0, 0.1) is 0 Å². The van der Waals surface area contributed by atoms with Crippen LogP contribution in [0.4, 0.5) is 11.5 Å². The third-order valence-electron chi connectivity index (χ3n) is 5.46. The van der Waals surface area contributed by atoms with Crippen LogP contribution in [-0.2, 0) is 14.8 Å². The Kier molecular flexibility index (Phi) is 6.76. The summed E-state index contributed by atoms with van der Waals surface area (Å²) in [6.45, 7) is 2.94. The van der Waals surface area contributed by atoms with Crippen LogP contribution in [0.5, 0.6) is 0 Å². The van der Waals surface area contributed by atoms with Crippen molar-refractivity contribution in [3.05, 3.63) is 47.1 Å². The fourth-order valence-electron chi connectivity index (χ4n) is 3.84. The maximum absolute atomic E-state index is 13.0. The number of ether oxygens (including phenoxy) is 1. The first-order valence-corrected chi connectivity index (χ1v) is 12.2. The molecular formula is C21H25ClN4O4S. The van der Waals surface area contributed by atoms with Gasteiger partial charge in [0.25, 0.3) is 5.91 Å². The number of amides is 1. The molecule has 0 saturated carbocycles. The highest BCUT2D eigenvalue weighted by Crippen LogP contribution is 2.29. The first-order valence-electron chi connectivity index (χ1n) is 10.4. The van der Waals surface area contributed by atoms with E-state index in [1.54, 1.807) is 24.4 Å². The number of pyridine rings is 1. The standard InChI is InChI=1S/C21H25ClN4O4S/c22-18-7-6-16(15-19(18)31(28,29)26-11-13-30-14-12-26)24-21(27)17-5-4-8-23-20(17)25-9-2-1-3-10-25/h4-8,15H,1-3,9-14H2,(H,24,27). The number of anilines is 2. The quantitative estimate of drug-likeness (QED) is 0.731. The van der Waals surface area contributed by atoms with Gasteiger partial charge in [0.1, 0.15) is 10.7 Å². The third kappa shape index (κ3) is 4.85. The molecule has 1 N–H and O–H groups in total. The van der Waals surface area contributed by atoms with E-state index in [-0.39, 0.29) is 28.9 Å². The second-order valence-corrected chi connectivity index (χ2v) is 9.85. The second-order valence-electron chi connectivity index (χ2n) is 7.54. The summed E-state index contributed by atoms with van der Waals surface area (Å²) < 4.78 is 32.7. The van der Waals surface area contributed by atoms with E-state index >= 15 is 0 Å². The maximum atomic E-state index is 13.0. The van der Waals surface area contributed by atoms with Gasteiger partial charge in [-0.2, -0.15) is 4.31 Å². The molecule has 0 aliphatic carbocycles. The van der Waals surface area contributed by atoms with Crippen molar-refractivity contribution in [2.45, 2.75) is 24.2 Å². The molecule has 2 aliphatic rings. The van der Waals surface area contributed by atoms with E-state index in [0.717, 1.165) is 25.9 Å². The molecule has 0 bridgehead atoms. The van der Waals surface area contributed by atoms with Gasteiger partial charge in [-0.15, -0.1) is 0 Å². The number of nitrogens with zero attached hydrogens (tertiary/aromatic N) is 3. The molecule has 10 heteroatoms. The molecule has 1 aromatic carbocycles. The Morgan fingerprint density at radius 3 is 2.55 bits per heavy atom. The Hall–Kier alpha value is -2.20. The fourth-order valence-corrected chi connectivity index (χ4v) is 5.74. The van der Waals surface area contributed by atoms with E-state index in [4.69, 9.17) is 16.3 Å². The topological polar surface area (TPSA) is 91.8 Å². The number of carbonyl (C=O) groups excluding carboxylic acids is 1. The van der Waals surface area contributed by atoms with Crippen molar-refractivity contribution in [1.29, 1.82) is 0 Å². The van der Waals surface area contributed by atoms with Crippen LogP contribution in [0.25, 0.3) is 0 Å². The summed E-state index contributed by atoms with van der Waals surface area (Å²) >= 11 is 6.21. The van der Waals surface area contributed by atoms with Crippen LogP contribution in [0.3, 0.4) is 0 Å². The zero-order valence-corrected chi connectivity index (χ0v) is 18.7. The first-order chi connectivity index (χ1) is 15.0. The first kappa shape index (κ1) is 22.0. The molecule has 0 atom stereocenters. The molecule has 1 amide bonds. The van der Waals surface area contributed by atoms with E-state index in [2.05, 4.69) is 15.2 Å². The van der Waals surface area contributed by atoms with Gasteiger partial charge in [0.2, 0.25) is 10.0 Å². The van der Waals surface area contributed by atoms with Gasteiger partial charge in [-0.05, 0) is 49.6 Å². The zero-order chi connectivity index (χ0) is 21.8. The Bertz CT molecular complexity index is 1050. The van der Waals surface area contributed by atoms with Crippen molar-refractivity contribution < 1.29 is 17.9 Å². The lowest BCUT2D eigenvalue weighted by molar-refractivity contribution is 0.0730. The molecule has 2 aliphatic heterocycles. The largest absolute Gasteiger partial charge is 0.379 e. The predicted octanol–water partition coefficient (Wildman–Crippen LogP) is 3.00. The molecule has 0 unspecified atom stereocenters. The number of aromatic nitrogens is 1. The summed E-state index contributed by atoms with van der Waals surface area (Å²) in [5.41, 5.74) is 0.812. The van der Waals surface area contributed by atoms with Crippen molar-refractivity contribution in [2.75, 3.05) is 49.6 Å². The van der Waals surface area contributed by atoms with Crippen LogP contribution < -0.4 is 10.2 Å². The van der Waals surface area contributed by atoms with Crippen LogP contribution >= 0.6 is 11.6 Å². The van der Waals surface area contributed by atoms with Crippen molar-refractivity contribution in [3.63, 3.8) is 0 Å². The summed E-state index contributed by atoms with van der Waals surface area (Å²) in [5.74, 6) is 0.306. The van der Waals surface area contributed by atoms with Gasteiger partial charge in [0.05, 0.1) is 23.8 Å². The molecule has 0 spiro atoms. The van der Waals surface area contributed by atoms with Gasteiger partial charge < -0.3 is 15.0 Å². The Balaban J connectivity index is 1.58. The van der Waals surface area contributed by atoms with Crippen LogP contribution in [-0.4, -0.2) is 63.0 Å². The van der Waals surface area contributed by atoms with E-state index in [0.29, 0.717) is 30.3 Å². The number of sulfonamides is 1. The number of morpholine rings is 1. The van der Waals surface area contributed by atoms with Gasteiger partial charge in [0.15, 0.2) is 0 Å². The van der Waals surface area contributed by atoms with E-state index in [1.807, 2.05) is 0 Å². The molecule has 2 fully saturated rings. The van der Waals surface area contributed by atoms with Gasteiger partial charge in [-0.1, -0.05) is 11.6 Å². The average Bonchev–Trinajstić information content (AvgIpc) is 2.81. The summed E-state index contributed by atoms with van der Waals surface area (Å²) in [4.78, 5) is 19.6. The number of benzene rings is 1. The van der Waals surface area contributed by atoms with Crippen molar-refractivity contribution >= 4 is 39.0 Å². The number of halogens is 1. The molecule has 0 radical (unpaired) electrons. The average molecular weight is 465 g/mol. The van der Waals surface area contributed by atoms with E-state index < -0.39 is 10.0 Å². The lowest BCUT2D eigenvalue weighted by Gasteiger charge is -2.29. The van der Waals surface area contributed by atoms with Crippen LogP contribution in [0.2, 0.25) is 5.02 Å². The Labute approximate surface area is 187 Å². The number of nitrogens with one attached hydrogen (secondary N) is 1. The number of hydrogen-bond donors (Lipinski definition) is 1. The zero-order valence-electron chi connectivity index (χ0n) is 17.1. The van der Waals surface area contributed by atoms with Gasteiger partial charge in [0, 0.05) is 38.1 Å². The second kappa shape index (κ2) is 9.52. The molecule has 3 heterocycles. The summed E-state index contributed by atoms with van der Waals surface area (Å²) in [6.07, 6.45) is 4.99. The SMILES string of the molecule is O=C(Nc1ccc(Cl)c(S(=O)(=O)N2CCOCC2)c1)c1cccnc1N1CCCCC1. The normalized spacial score (nSPS) is 18.0. The van der Waals surface area contributed by atoms with Crippen LogP contribution in [0.1, 0.15) is 29.6 Å². The molecular weight excluding hydrogens is 440 g/mol. The molecule has 8 nitrogen and oxygen atoms in total. The van der Waals surface area contributed by atoms with Crippen molar-refractivity contribution in [2.24, 2.45) is 0 Å². The van der Waals surface area contributed by atoms with E-state index in [9.17, 15) is 13.2 Å². The van der Waals surface area contributed by atoms with E-state index in [1.165, 1.54) is 22.9 Å². The molecule has 166 valence electrons. The number of hydrogen-bond acceptors (Lipinski definition) is 6. The fraction of sp³-hybridized carbons (Fsp3) is 0.429. The summed E-state index contributed by atoms with van der Waals surface area (Å²) in [6, 6.07) is 7.93. The monoisotopic (exact) mass is 464 g/mol. The highest BCUT2D eigenvalue weighted by molar-refractivity contribution is 7.89. The summed E-state index contributed by atoms with van der Waals surface area (Å²) in [7, 11) is -3.79. The minimum absolute atomic E-state index is 0.0312. The predicted molar refractivity (Wildman–Crippen MR) is 119 cm³/mol. The molecule has 31 heavy (non-hydrogen) atoms. The number of piperidine rings is 1. The van der Waals surface area contributed by atoms with Crippen LogP contribution in [0.15, 0.2) is 41.4 Å². The Morgan fingerprint density at radius 1 is 1.06 bits per heavy atom. The molecule has 2 aromatic rings. The number of carbonyl (C=O) groups is 1. The molecule has 1 aromatic heterocycles. The highest BCUT2D eigenvalue weighted by Gasteiger charge is 2.29. The minimum atomic E-state index is -3.79. The summed E-state index contributed by atoms with van der Waals surface area (Å²) in [5, 5.41) is 2.92. The van der Waals surface area contributed by atoms with Gasteiger partial charge in [-0.25, -0.2) is 13.4 Å².